The fourth-order valence-corrected chi connectivity index (χ4v) is 3.85. The predicted octanol–water partition coefficient (Wildman–Crippen LogP) is 5.00. The van der Waals surface area contributed by atoms with E-state index in [1.807, 2.05) is 0 Å². The van der Waals surface area contributed by atoms with E-state index in [0.29, 0.717) is 6.42 Å². The average molecular weight is 367 g/mol. The van der Waals surface area contributed by atoms with E-state index < -0.39 is 18.2 Å². The first-order valence-electron chi connectivity index (χ1n) is 8.50. The molecule has 0 N–H and O–H groups in total. The molecule has 1 aromatic carbocycles. The molecule has 0 fully saturated rings. The summed E-state index contributed by atoms with van der Waals surface area (Å²) < 4.78 is 30.1. The molecular weight excluding hydrogens is 336 g/mol. The van der Waals surface area contributed by atoms with Gasteiger partial charge in [-0.2, -0.15) is 0 Å². The van der Waals surface area contributed by atoms with Gasteiger partial charge in [0.15, 0.2) is 8.32 Å². The molecule has 1 rings (SSSR count). The Balaban J connectivity index is 2.29. The zero-order valence-electron chi connectivity index (χ0n) is 15.6. The lowest BCUT2D eigenvalue weighted by atomic mass is 10.2. The van der Waals surface area contributed by atoms with Crippen molar-refractivity contribution < 1.29 is 12.8 Å². The summed E-state index contributed by atoms with van der Waals surface area (Å²) in [5.74, 6) is 2.79. The van der Waals surface area contributed by atoms with Gasteiger partial charge in [0.2, 0.25) is 9.84 Å². The molecule has 0 aliphatic carbocycles. The van der Waals surface area contributed by atoms with Crippen molar-refractivity contribution in [2.24, 2.45) is 0 Å². The maximum atomic E-state index is 12.0. The third-order valence-corrected chi connectivity index (χ3v) is 10.3. The van der Waals surface area contributed by atoms with Crippen LogP contribution < -0.4 is 0 Å². The highest BCUT2D eigenvalue weighted by molar-refractivity contribution is 7.96. The van der Waals surface area contributed by atoms with Crippen LogP contribution in [-0.2, 0) is 14.3 Å². The molecule has 134 valence electrons. The van der Waals surface area contributed by atoms with Gasteiger partial charge in [0, 0.05) is 18.3 Å². The van der Waals surface area contributed by atoms with Crippen molar-refractivity contribution in [1.29, 1.82) is 0 Å². The van der Waals surface area contributed by atoms with Gasteiger partial charge in [0.1, 0.15) is 0 Å². The fourth-order valence-electron chi connectivity index (χ4n) is 1.84. The Kier molecular flexibility index (Phi) is 7.72. The van der Waals surface area contributed by atoms with Gasteiger partial charge in [-0.15, -0.1) is 0 Å². The quantitative estimate of drug-likeness (QED) is 0.295. The van der Waals surface area contributed by atoms with E-state index in [4.69, 9.17) is 4.43 Å². The Morgan fingerprint density at radius 1 is 1.04 bits per heavy atom. The summed E-state index contributed by atoms with van der Waals surface area (Å²) in [6.45, 7) is 12.0. The summed E-state index contributed by atoms with van der Waals surface area (Å²) in [6, 6.07) is 8.34. The van der Waals surface area contributed by atoms with E-state index in [9.17, 15) is 8.42 Å². The summed E-state index contributed by atoms with van der Waals surface area (Å²) >= 11 is 0. The molecule has 5 heteroatoms. The van der Waals surface area contributed by atoms with Crippen molar-refractivity contribution in [3.05, 3.63) is 30.3 Å². The van der Waals surface area contributed by atoms with Crippen molar-refractivity contribution in [3.8, 4) is 11.2 Å². The Morgan fingerprint density at radius 2 is 1.67 bits per heavy atom. The van der Waals surface area contributed by atoms with E-state index in [2.05, 4.69) is 45.0 Å². The molecule has 0 amide bonds. The average Bonchev–Trinajstić information content (AvgIpc) is 2.49. The number of hydrogen-bond acceptors (Lipinski definition) is 3. The number of unbranched alkanes of at least 4 members (excludes halogenated alkanes) is 3. The third-order valence-electron chi connectivity index (χ3n) is 4.48. The van der Waals surface area contributed by atoms with Crippen molar-refractivity contribution in [3.63, 3.8) is 0 Å². The van der Waals surface area contributed by atoms with Gasteiger partial charge in [0.05, 0.1) is 4.90 Å². The summed E-state index contributed by atoms with van der Waals surface area (Å²) in [4.78, 5) is 0.264. The topological polar surface area (TPSA) is 43.4 Å². The Bertz CT molecular complexity index is 662. The molecule has 0 atom stereocenters. The molecule has 0 saturated heterocycles. The van der Waals surface area contributed by atoms with Crippen molar-refractivity contribution in [1.82, 2.24) is 0 Å². The van der Waals surface area contributed by atoms with Gasteiger partial charge in [-0.1, -0.05) is 51.3 Å². The summed E-state index contributed by atoms with van der Waals surface area (Å²) in [5, 5.41) is 2.65. The van der Waals surface area contributed by atoms with Gasteiger partial charge in [-0.3, -0.25) is 0 Å². The SMILES string of the molecule is CC(C)(C)[Si](C)(C)OCCCCCC#CS(=O)(=O)c1ccccc1. The molecule has 1 aromatic rings. The second kappa shape index (κ2) is 8.84. The van der Waals surface area contributed by atoms with Gasteiger partial charge in [0.25, 0.3) is 0 Å². The van der Waals surface area contributed by atoms with Crippen LogP contribution >= 0.6 is 0 Å². The zero-order chi connectivity index (χ0) is 18.3. The van der Waals surface area contributed by atoms with Crippen molar-refractivity contribution >= 4 is 18.2 Å². The fraction of sp³-hybridized carbons (Fsp3) is 0.579. The minimum Gasteiger partial charge on any atom is -0.417 e. The lowest BCUT2D eigenvalue weighted by molar-refractivity contribution is 0.278. The van der Waals surface area contributed by atoms with Gasteiger partial charge in [-0.25, -0.2) is 8.42 Å². The number of benzene rings is 1. The molecule has 0 aromatic heterocycles. The first-order valence-corrected chi connectivity index (χ1v) is 12.9. The van der Waals surface area contributed by atoms with Crippen LogP contribution in [0.5, 0.6) is 0 Å². The molecule has 0 spiro atoms. The molecule has 0 radical (unpaired) electrons. The van der Waals surface area contributed by atoms with Crippen LogP contribution in [0.1, 0.15) is 46.5 Å². The maximum Gasteiger partial charge on any atom is 0.245 e. The molecule has 3 nitrogen and oxygen atoms in total. The van der Waals surface area contributed by atoms with Crippen LogP contribution in [-0.4, -0.2) is 23.3 Å². The van der Waals surface area contributed by atoms with Crippen LogP contribution in [0.4, 0.5) is 0 Å². The molecule has 0 aliphatic heterocycles. The van der Waals surface area contributed by atoms with E-state index >= 15 is 0 Å². The number of hydrogen-bond donors (Lipinski definition) is 0. The molecule has 24 heavy (non-hydrogen) atoms. The van der Waals surface area contributed by atoms with E-state index in [0.717, 1.165) is 25.9 Å². The van der Waals surface area contributed by atoms with Gasteiger partial charge < -0.3 is 4.43 Å². The summed E-state index contributed by atoms with van der Waals surface area (Å²) in [7, 11) is -5.12. The summed E-state index contributed by atoms with van der Waals surface area (Å²) in [5.41, 5.74) is 0. The second-order valence-corrected chi connectivity index (χ2v) is 14.0. The van der Waals surface area contributed by atoms with Crippen molar-refractivity contribution in [2.45, 2.75) is 69.5 Å². The van der Waals surface area contributed by atoms with Gasteiger partial charge >= 0.3 is 0 Å². The van der Waals surface area contributed by atoms with E-state index in [1.165, 1.54) is 0 Å². The zero-order valence-corrected chi connectivity index (χ0v) is 17.4. The van der Waals surface area contributed by atoms with Crippen LogP contribution in [0.3, 0.4) is 0 Å². The molecule has 0 aliphatic rings. The Morgan fingerprint density at radius 3 is 2.25 bits per heavy atom. The number of sulfone groups is 1. The smallest absolute Gasteiger partial charge is 0.245 e. The molecule has 0 unspecified atom stereocenters. The largest absolute Gasteiger partial charge is 0.417 e. The highest BCUT2D eigenvalue weighted by Gasteiger charge is 2.36. The minimum absolute atomic E-state index is 0.240. The lowest BCUT2D eigenvalue weighted by Gasteiger charge is -2.36. The predicted molar refractivity (Wildman–Crippen MR) is 103 cm³/mol. The second-order valence-electron chi connectivity index (χ2n) is 7.51. The third kappa shape index (κ3) is 6.80. The highest BCUT2D eigenvalue weighted by Crippen LogP contribution is 2.36. The van der Waals surface area contributed by atoms with Crippen LogP contribution in [0.15, 0.2) is 35.2 Å². The Hall–Kier alpha value is -1.09. The molecule has 0 heterocycles. The van der Waals surface area contributed by atoms with Crippen LogP contribution in [0.2, 0.25) is 18.1 Å². The monoisotopic (exact) mass is 366 g/mol. The van der Waals surface area contributed by atoms with Crippen LogP contribution in [0.25, 0.3) is 0 Å². The van der Waals surface area contributed by atoms with Crippen molar-refractivity contribution in [2.75, 3.05) is 6.61 Å². The highest BCUT2D eigenvalue weighted by atomic mass is 32.2. The maximum absolute atomic E-state index is 12.0. The molecule has 0 saturated carbocycles. The standard InChI is InChI=1S/C19H30O3SSi/c1-19(2,3)24(4,5)22-16-12-7-6-8-13-17-23(20,21)18-14-10-9-11-15-18/h9-11,14-15H,6-8,12,16H2,1-5H3. The number of rotatable bonds is 7. The first-order chi connectivity index (χ1) is 11.1. The first kappa shape index (κ1) is 21.0. The minimum atomic E-state index is -3.47. The van der Waals surface area contributed by atoms with E-state index in [1.54, 1.807) is 30.3 Å². The van der Waals surface area contributed by atoms with E-state index in [-0.39, 0.29) is 9.93 Å². The molecular formula is C19H30O3SSi. The summed E-state index contributed by atoms with van der Waals surface area (Å²) in [6.07, 6.45) is 3.51. The Labute approximate surface area is 148 Å². The molecule has 0 bridgehead atoms. The van der Waals surface area contributed by atoms with Gasteiger partial charge in [-0.05, 0) is 43.1 Å². The lowest BCUT2D eigenvalue weighted by Crippen LogP contribution is -2.40. The normalized spacial score (nSPS) is 12.5. The van der Waals surface area contributed by atoms with Crippen LogP contribution in [0, 0.1) is 11.2 Å².